The smallest absolute Gasteiger partial charge is 0.408 e. The first-order chi connectivity index (χ1) is 9.56. The van der Waals surface area contributed by atoms with Crippen molar-refractivity contribution in [1.82, 2.24) is 5.32 Å². The van der Waals surface area contributed by atoms with Gasteiger partial charge >= 0.3 is 6.09 Å². The van der Waals surface area contributed by atoms with E-state index in [1.165, 1.54) is 0 Å². The molecule has 1 aromatic carbocycles. The number of hydrogen-bond acceptors (Lipinski definition) is 3. The highest BCUT2D eigenvalue weighted by Gasteiger charge is 2.21. The lowest BCUT2D eigenvalue weighted by atomic mass is 10.2. The zero-order chi connectivity index (χ0) is 16.2. The van der Waals surface area contributed by atoms with Crippen LogP contribution in [0.2, 0.25) is 10.0 Å². The number of halogens is 2. The van der Waals surface area contributed by atoms with Gasteiger partial charge in [0.15, 0.2) is 0 Å². The fourth-order valence-corrected chi connectivity index (χ4v) is 1.95. The Balaban J connectivity index is 2.60. The molecule has 0 aromatic heterocycles. The average Bonchev–Trinajstić information content (AvgIpc) is 2.24. The molecule has 0 saturated heterocycles. The number of hydrogen-bond donors (Lipinski definition) is 2. The fourth-order valence-electron chi connectivity index (χ4n) is 1.43. The van der Waals surface area contributed by atoms with Crippen LogP contribution < -0.4 is 10.6 Å². The molecule has 0 unspecified atom stereocenters. The molecule has 7 heteroatoms. The van der Waals surface area contributed by atoms with Gasteiger partial charge in [0.25, 0.3) is 0 Å². The van der Waals surface area contributed by atoms with E-state index in [0.29, 0.717) is 15.7 Å². The number of carbonyl (C=O) groups is 2. The van der Waals surface area contributed by atoms with Gasteiger partial charge in [-0.3, -0.25) is 4.79 Å². The Morgan fingerprint density at radius 1 is 1.14 bits per heavy atom. The first kappa shape index (κ1) is 17.6. The molecule has 0 heterocycles. The maximum Gasteiger partial charge on any atom is 0.408 e. The third-order valence-corrected chi connectivity index (χ3v) is 2.69. The summed E-state index contributed by atoms with van der Waals surface area (Å²) >= 11 is 11.7. The number of rotatable bonds is 3. The second-order valence-corrected chi connectivity index (χ2v) is 6.39. The summed E-state index contributed by atoms with van der Waals surface area (Å²) < 4.78 is 5.07. The number of ether oxygens (including phenoxy) is 1. The van der Waals surface area contributed by atoms with Crippen LogP contribution in [-0.4, -0.2) is 23.6 Å². The predicted octanol–water partition coefficient (Wildman–Crippen LogP) is 3.85. The normalized spacial score (nSPS) is 12.5. The Hall–Kier alpha value is -1.46. The molecule has 1 atom stereocenters. The van der Waals surface area contributed by atoms with E-state index in [4.69, 9.17) is 27.9 Å². The molecule has 0 radical (unpaired) electrons. The van der Waals surface area contributed by atoms with Gasteiger partial charge in [-0.15, -0.1) is 0 Å². The van der Waals surface area contributed by atoms with Crippen molar-refractivity contribution in [2.45, 2.75) is 39.3 Å². The van der Waals surface area contributed by atoms with Gasteiger partial charge in [-0.1, -0.05) is 23.2 Å². The Morgan fingerprint density at radius 2 is 1.67 bits per heavy atom. The van der Waals surface area contributed by atoms with Crippen molar-refractivity contribution < 1.29 is 14.3 Å². The lowest BCUT2D eigenvalue weighted by Gasteiger charge is -2.21. The van der Waals surface area contributed by atoms with Gasteiger partial charge in [-0.2, -0.15) is 0 Å². The van der Waals surface area contributed by atoms with Crippen molar-refractivity contribution >= 4 is 40.9 Å². The Labute approximate surface area is 133 Å². The number of nitrogens with one attached hydrogen (secondary N) is 2. The summed E-state index contributed by atoms with van der Waals surface area (Å²) in [4.78, 5) is 23.5. The van der Waals surface area contributed by atoms with Crippen LogP contribution in [0.5, 0.6) is 0 Å². The summed E-state index contributed by atoms with van der Waals surface area (Å²) in [6.07, 6.45) is -0.658. The highest BCUT2D eigenvalue weighted by Crippen LogP contribution is 2.22. The second-order valence-electron chi connectivity index (χ2n) is 5.52. The van der Waals surface area contributed by atoms with E-state index in [1.807, 2.05) is 0 Å². The van der Waals surface area contributed by atoms with E-state index in [1.54, 1.807) is 45.9 Å². The maximum absolute atomic E-state index is 12.0. The second kappa shape index (κ2) is 7.00. The highest BCUT2D eigenvalue weighted by molar-refractivity contribution is 6.35. The zero-order valence-corrected chi connectivity index (χ0v) is 13.8. The molecule has 2 amide bonds. The Morgan fingerprint density at radius 3 is 2.14 bits per heavy atom. The lowest BCUT2D eigenvalue weighted by molar-refractivity contribution is -0.117. The van der Waals surface area contributed by atoms with Gasteiger partial charge in [-0.25, -0.2) is 4.79 Å². The van der Waals surface area contributed by atoms with Crippen LogP contribution in [0.3, 0.4) is 0 Å². The molecule has 21 heavy (non-hydrogen) atoms. The van der Waals surface area contributed by atoms with Crippen molar-refractivity contribution in [1.29, 1.82) is 0 Å². The molecule has 116 valence electrons. The quantitative estimate of drug-likeness (QED) is 0.883. The van der Waals surface area contributed by atoms with E-state index in [-0.39, 0.29) is 0 Å². The van der Waals surface area contributed by atoms with Gasteiger partial charge in [0, 0.05) is 15.7 Å². The van der Waals surface area contributed by atoms with E-state index in [2.05, 4.69) is 10.6 Å². The molecular weight excluding hydrogens is 315 g/mol. The maximum atomic E-state index is 12.0. The standard InChI is InChI=1S/C14H18Cl2N2O3/c1-8(17-13(20)21-14(2,3)4)12(19)18-11-6-9(15)5-10(16)7-11/h5-8H,1-4H3,(H,17,20)(H,18,19)/t8-/m1/s1. The topological polar surface area (TPSA) is 67.4 Å². The molecule has 0 aliphatic carbocycles. The van der Waals surface area contributed by atoms with Gasteiger partial charge < -0.3 is 15.4 Å². The Kier molecular flexibility index (Phi) is 5.87. The molecule has 0 aliphatic rings. The predicted molar refractivity (Wildman–Crippen MR) is 83.9 cm³/mol. The molecule has 0 spiro atoms. The molecule has 1 rings (SSSR count). The summed E-state index contributed by atoms with van der Waals surface area (Å²) in [5.41, 5.74) is -0.170. The fraction of sp³-hybridized carbons (Fsp3) is 0.429. The molecule has 0 fully saturated rings. The SMILES string of the molecule is C[C@@H](NC(=O)OC(C)(C)C)C(=O)Nc1cc(Cl)cc(Cl)c1. The van der Waals surface area contributed by atoms with E-state index in [0.717, 1.165) is 0 Å². The molecule has 2 N–H and O–H groups in total. The molecular formula is C14H18Cl2N2O3. The van der Waals surface area contributed by atoms with Crippen LogP contribution in [0.4, 0.5) is 10.5 Å². The average molecular weight is 333 g/mol. The van der Waals surface area contributed by atoms with Crippen molar-refractivity contribution in [3.05, 3.63) is 28.2 Å². The number of anilines is 1. The minimum absolute atomic E-state index is 0.404. The molecule has 0 aliphatic heterocycles. The first-order valence-corrected chi connectivity index (χ1v) is 7.09. The highest BCUT2D eigenvalue weighted by atomic mass is 35.5. The molecule has 1 aromatic rings. The van der Waals surface area contributed by atoms with Crippen molar-refractivity contribution in [2.75, 3.05) is 5.32 Å². The van der Waals surface area contributed by atoms with Gasteiger partial charge in [0.2, 0.25) is 5.91 Å². The van der Waals surface area contributed by atoms with Gasteiger partial charge in [0.1, 0.15) is 11.6 Å². The minimum Gasteiger partial charge on any atom is -0.444 e. The first-order valence-electron chi connectivity index (χ1n) is 6.33. The van der Waals surface area contributed by atoms with E-state index in [9.17, 15) is 9.59 Å². The summed E-state index contributed by atoms with van der Waals surface area (Å²) in [5.74, 6) is -0.404. The van der Waals surface area contributed by atoms with Gasteiger partial charge in [0.05, 0.1) is 0 Å². The van der Waals surface area contributed by atoms with Crippen LogP contribution in [0.1, 0.15) is 27.7 Å². The van der Waals surface area contributed by atoms with Crippen molar-refractivity contribution in [2.24, 2.45) is 0 Å². The summed E-state index contributed by atoms with van der Waals surface area (Å²) in [6.45, 7) is 6.77. The number of carbonyl (C=O) groups excluding carboxylic acids is 2. The summed E-state index contributed by atoms with van der Waals surface area (Å²) in [5, 5.41) is 5.88. The summed E-state index contributed by atoms with van der Waals surface area (Å²) in [7, 11) is 0. The number of amides is 2. The van der Waals surface area contributed by atoms with Crippen molar-refractivity contribution in [3.8, 4) is 0 Å². The monoisotopic (exact) mass is 332 g/mol. The van der Waals surface area contributed by atoms with Crippen LogP contribution in [0, 0.1) is 0 Å². The zero-order valence-electron chi connectivity index (χ0n) is 12.3. The number of benzene rings is 1. The van der Waals surface area contributed by atoms with Crippen LogP contribution in [-0.2, 0) is 9.53 Å². The van der Waals surface area contributed by atoms with Gasteiger partial charge in [-0.05, 0) is 45.9 Å². The van der Waals surface area contributed by atoms with E-state index >= 15 is 0 Å². The van der Waals surface area contributed by atoms with Crippen LogP contribution >= 0.6 is 23.2 Å². The Bertz CT molecular complexity index is 521. The van der Waals surface area contributed by atoms with Crippen LogP contribution in [0.15, 0.2) is 18.2 Å². The third kappa shape index (κ3) is 6.69. The van der Waals surface area contributed by atoms with Crippen LogP contribution in [0.25, 0.3) is 0 Å². The minimum atomic E-state index is -0.766. The van der Waals surface area contributed by atoms with Crippen molar-refractivity contribution in [3.63, 3.8) is 0 Å². The largest absolute Gasteiger partial charge is 0.444 e. The lowest BCUT2D eigenvalue weighted by Crippen LogP contribution is -2.43. The molecule has 0 saturated carbocycles. The summed E-state index contributed by atoms with van der Waals surface area (Å²) in [6, 6.07) is 3.91. The van der Waals surface area contributed by atoms with E-state index < -0.39 is 23.6 Å². The number of alkyl carbamates (subject to hydrolysis) is 1. The molecule has 5 nitrogen and oxygen atoms in total. The third-order valence-electron chi connectivity index (χ3n) is 2.26. The molecule has 0 bridgehead atoms.